The van der Waals surface area contributed by atoms with Crippen LogP contribution in [0.2, 0.25) is 0 Å². The Balaban J connectivity index is 1.98. The van der Waals surface area contributed by atoms with Crippen LogP contribution in [0.1, 0.15) is 22.8 Å². The van der Waals surface area contributed by atoms with Gasteiger partial charge in [0.25, 0.3) is 5.91 Å². The normalized spacial score (nSPS) is 15.0. The summed E-state index contributed by atoms with van der Waals surface area (Å²) in [7, 11) is 0. The molecule has 1 aromatic rings. The molecule has 1 heterocycles. The van der Waals surface area contributed by atoms with Crippen LogP contribution in [0.4, 0.5) is 4.79 Å². The molecule has 1 aromatic carbocycles. The van der Waals surface area contributed by atoms with Gasteiger partial charge < -0.3 is 15.1 Å². The highest BCUT2D eigenvalue weighted by Crippen LogP contribution is 2.20. The van der Waals surface area contributed by atoms with Crippen LogP contribution in [0.25, 0.3) is 0 Å². The van der Waals surface area contributed by atoms with Gasteiger partial charge in [-0.15, -0.1) is 0 Å². The molecule has 1 aliphatic rings. The number of urea groups is 1. The molecular weight excluding hydrogens is 334 g/mol. The van der Waals surface area contributed by atoms with Gasteiger partial charge in [0, 0.05) is 37.2 Å². The molecule has 0 aliphatic carbocycles. The van der Waals surface area contributed by atoms with E-state index in [1.807, 2.05) is 32.0 Å². The molecule has 0 spiro atoms. The van der Waals surface area contributed by atoms with Gasteiger partial charge in [-0.1, -0.05) is 6.07 Å². The lowest BCUT2D eigenvalue weighted by atomic mass is 10.1. The number of carbonyl (C=O) groups is 2. The lowest BCUT2D eigenvalue weighted by Crippen LogP contribution is -2.53. The largest absolute Gasteiger partial charge is 0.338 e. The monoisotopic (exact) mass is 353 g/mol. The first-order valence-electron chi connectivity index (χ1n) is 7.11. The van der Waals surface area contributed by atoms with Crippen LogP contribution >= 0.6 is 15.9 Å². The highest BCUT2D eigenvalue weighted by Gasteiger charge is 2.25. The van der Waals surface area contributed by atoms with Crippen molar-refractivity contribution in [1.82, 2.24) is 15.1 Å². The third-order valence-electron chi connectivity index (χ3n) is 3.54. The topological polar surface area (TPSA) is 52.7 Å². The van der Waals surface area contributed by atoms with E-state index in [0.29, 0.717) is 38.3 Å². The second-order valence-corrected chi connectivity index (χ2v) is 5.95. The quantitative estimate of drug-likeness (QED) is 0.886. The van der Waals surface area contributed by atoms with Crippen LogP contribution in [0.5, 0.6) is 0 Å². The van der Waals surface area contributed by atoms with Gasteiger partial charge >= 0.3 is 6.03 Å². The zero-order chi connectivity index (χ0) is 15.4. The van der Waals surface area contributed by atoms with Gasteiger partial charge in [0.2, 0.25) is 0 Å². The van der Waals surface area contributed by atoms with E-state index >= 15 is 0 Å². The van der Waals surface area contributed by atoms with Crippen molar-refractivity contribution < 1.29 is 9.59 Å². The summed E-state index contributed by atoms with van der Waals surface area (Å²) in [6, 6.07) is 5.67. The van der Waals surface area contributed by atoms with Crippen molar-refractivity contribution in [2.24, 2.45) is 0 Å². The van der Waals surface area contributed by atoms with Crippen LogP contribution in [0, 0.1) is 6.92 Å². The minimum Gasteiger partial charge on any atom is -0.338 e. The number of aryl methyl sites for hydroxylation is 1. The Morgan fingerprint density at radius 2 is 1.81 bits per heavy atom. The van der Waals surface area contributed by atoms with Crippen molar-refractivity contribution in [2.45, 2.75) is 13.8 Å². The lowest BCUT2D eigenvalue weighted by Gasteiger charge is -2.34. The summed E-state index contributed by atoms with van der Waals surface area (Å²) in [6.07, 6.45) is 0. The molecule has 3 amide bonds. The number of hydrogen-bond acceptors (Lipinski definition) is 2. The van der Waals surface area contributed by atoms with E-state index in [2.05, 4.69) is 21.2 Å². The Kier molecular flexibility index (Phi) is 5.22. The average Bonchev–Trinajstić information content (AvgIpc) is 2.47. The van der Waals surface area contributed by atoms with E-state index in [4.69, 9.17) is 0 Å². The molecule has 0 atom stereocenters. The van der Waals surface area contributed by atoms with E-state index in [0.717, 1.165) is 10.0 Å². The third kappa shape index (κ3) is 3.75. The second-order valence-electron chi connectivity index (χ2n) is 5.10. The predicted octanol–water partition coefficient (Wildman–Crippen LogP) is 2.24. The van der Waals surface area contributed by atoms with Crippen molar-refractivity contribution in [2.75, 3.05) is 32.7 Å². The maximum absolute atomic E-state index is 12.5. The summed E-state index contributed by atoms with van der Waals surface area (Å²) in [5, 5.41) is 2.78. The zero-order valence-corrected chi connectivity index (χ0v) is 13.9. The van der Waals surface area contributed by atoms with Crippen LogP contribution in [-0.4, -0.2) is 54.5 Å². The molecule has 0 saturated carbocycles. The van der Waals surface area contributed by atoms with E-state index in [9.17, 15) is 9.59 Å². The SMILES string of the molecule is CCNC(=O)N1CCN(C(=O)c2ccc(C)cc2Br)CC1. The zero-order valence-electron chi connectivity index (χ0n) is 12.4. The van der Waals surface area contributed by atoms with Crippen molar-refractivity contribution in [3.8, 4) is 0 Å². The molecule has 21 heavy (non-hydrogen) atoms. The highest BCUT2D eigenvalue weighted by atomic mass is 79.9. The van der Waals surface area contributed by atoms with E-state index in [-0.39, 0.29) is 11.9 Å². The standard InChI is InChI=1S/C15H20BrN3O2/c1-3-17-15(21)19-8-6-18(7-9-19)14(20)12-5-4-11(2)10-13(12)16/h4-5,10H,3,6-9H2,1-2H3,(H,17,21). The maximum atomic E-state index is 12.5. The molecule has 0 aromatic heterocycles. The van der Waals surface area contributed by atoms with E-state index in [1.165, 1.54) is 0 Å². The van der Waals surface area contributed by atoms with Gasteiger partial charge in [0.1, 0.15) is 0 Å². The van der Waals surface area contributed by atoms with E-state index in [1.54, 1.807) is 9.80 Å². The number of hydrogen-bond donors (Lipinski definition) is 1. The van der Waals surface area contributed by atoms with E-state index < -0.39 is 0 Å². The molecule has 1 N–H and O–H groups in total. The number of rotatable bonds is 2. The van der Waals surface area contributed by atoms with Crippen molar-refractivity contribution in [3.63, 3.8) is 0 Å². The minimum absolute atomic E-state index is 0.0115. The van der Waals surface area contributed by atoms with Gasteiger partial charge in [0.05, 0.1) is 5.56 Å². The second kappa shape index (κ2) is 6.93. The van der Waals surface area contributed by atoms with Crippen molar-refractivity contribution in [1.29, 1.82) is 0 Å². The van der Waals surface area contributed by atoms with Gasteiger partial charge in [-0.25, -0.2) is 4.79 Å². The fourth-order valence-corrected chi connectivity index (χ4v) is 3.00. The van der Waals surface area contributed by atoms with Gasteiger partial charge in [-0.2, -0.15) is 0 Å². The molecule has 1 saturated heterocycles. The third-order valence-corrected chi connectivity index (χ3v) is 4.19. The van der Waals surface area contributed by atoms with Gasteiger partial charge in [0.15, 0.2) is 0 Å². The first kappa shape index (κ1) is 15.8. The smallest absolute Gasteiger partial charge is 0.317 e. The first-order valence-corrected chi connectivity index (χ1v) is 7.90. The lowest BCUT2D eigenvalue weighted by molar-refractivity contribution is 0.0664. The van der Waals surface area contributed by atoms with Crippen molar-refractivity contribution in [3.05, 3.63) is 33.8 Å². The molecule has 0 radical (unpaired) electrons. The molecule has 6 heteroatoms. The Bertz CT molecular complexity index is 540. The van der Waals surface area contributed by atoms with Crippen LogP contribution in [0.15, 0.2) is 22.7 Å². The molecule has 114 valence electrons. The maximum Gasteiger partial charge on any atom is 0.317 e. The predicted molar refractivity (Wildman–Crippen MR) is 85.4 cm³/mol. The number of benzene rings is 1. The molecule has 0 bridgehead atoms. The van der Waals surface area contributed by atoms with Crippen LogP contribution in [-0.2, 0) is 0 Å². The average molecular weight is 354 g/mol. The summed E-state index contributed by atoms with van der Waals surface area (Å²) < 4.78 is 0.818. The fraction of sp³-hybridized carbons (Fsp3) is 0.467. The number of halogens is 1. The van der Waals surface area contributed by atoms with Crippen LogP contribution in [0.3, 0.4) is 0 Å². The Morgan fingerprint density at radius 3 is 2.38 bits per heavy atom. The number of piperazine rings is 1. The summed E-state index contributed by atoms with van der Waals surface area (Å²) >= 11 is 3.45. The minimum atomic E-state index is -0.0545. The first-order chi connectivity index (χ1) is 10.0. The Labute approximate surface area is 133 Å². The number of amides is 3. The highest BCUT2D eigenvalue weighted by molar-refractivity contribution is 9.10. The van der Waals surface area contributed by atoms with Gasteiger partial charge in [-0.3, -0.25) is 4.79 Å². The summed E-state index contributed by atoms with van der Waals surface area (Å²) in [5.41, 5.74) is 1.78. The summed E-state index contributed by atoms with van der Waals surface area (Å²) in [6.45, 7) is 6.78. The Hall–Kier alpha value is -1.56. The summed E-state index contributed by atoms with van der Waals surface area (Å²) in [5.74, 6) is 0.0115. The number of nitrogens with one attached hydrogen (secondary N) is 1. The fourth-order valence-electron chi connectivity index (χ4n) is 2.34. The Morgan fingerprint density at radius 1 is 1.19 bits per heavy atom. The molecule has 2 rings (SSSR count). The van der Waals surface area contributed by atoms with Gasteiger partial charge in [-0.05, 0) is 47.5 Å². The molecule has 1 fully saturated rings. The summed E-state index contributed by atoms with van der Waals surface area (Å²) in [4.78, 5) is 27.8. The molecular formula is C15H20BrN3O2. The number of nitrogens with zero attached hydrogens (tertiary/aromatic N) is 2. The molecule has 1 aliphatic heterocycles. The van der Waals surface area contributed by atoms with Crippen molar-refractivity contribution >= 4 is 27.9 Å². The number of carbonyl (C=O) groups excluding carboxylic acids is 2. The molecule has 0 unspecified atom stereocenters. The van der Waals surface area contributed by atoms with Crippen LogP contribution < -0.4 is 5.32 Å². The molecule has 5 nitrogen and oxygen atoms in total.